The third-order valence-electron chi connectivity index (χ3n) is 7.17. The van der Waals surface area contributed by atoms with Crippen LogP contribution in [0.2, 0.25) is 0 Å². The molecule has 228 valence electrons. The second-order valence-electron chi connectivity index (χ2n) is 10.2. The van der Waals surface area contributed by atoms with Crippen molar-refractivity contribution in [2.75, 3.05) is 49.6 Å². The van der Waals surface area contributed by atoms with Gasteiger partial charge in [0.05, 0.1) is 11.3 Å². The van der Waals surface area contributed by atoms with Gasteiger partial charge in [-0.1, -0.05) is 6.92 Å². The SMILES string of the molecule is CC1CCN(CCN2CCN(c3cc(C(F)(F)F)cc(C(F)(F)F)c3OC(=O)N(C)c3ccc(F)cc3)C2=O)C(=O)C1. The lowest BCUT2D eigenvalue weighted by Gasteiger charge is -2.31. The van der Waals surface area contributed by atoms with E-state index in [0.717, 1.165) is 42.6 Å². The number of carbonyl (C=O) groups excluding carboxylic acids is 3. The summed E-state index contributed by atoms with van der Waals surface area (Å²) in [7, 11) is 1.11. The molecule has 1 unspecified atom stereocenters. The van der Waals surface area contributed by atoms with E-state index in [1.807, 2.05) is 6.92 Å². The van der Waals surface area contributed by atoms with Gasteiger partial charge in [-0.3, -0.25) is 14.6 Å². The van der Waals surface area contributed by atoms with Crippen molar-refractivity contribution in [2.45, 2.75) is 32.1 Å². The molecule has 2 saturated heterocycles. The summed E-state index contributed by atoms with van der Waals surface area (Å²) in [5.41, 5.74) is -4.48. The van der Waals surface area contributed by atoms with Gasteiger partial charge in [-0.2, -0.15) is 26.3 Å². The number of rotatable bonds is 6. The second kappa shape index (κ2) is 11.7. The Morgan fingerprint density at radius 2 is 1.60 bits per heavy atom. The smallest absolute Gasteiger partial charge is 0.407 e. The quantitative estimate of drug-likeness (QED) is 0.380. The van der Waals surface area contributed by atoms with Gasteiger partial charge in [0.25, 0.3) is 0 Å². The van der Waals surface area contributed by atoms with Crippen molar-refractivity contribution in [3.8, 4) is 5.75 Å². The predicted octanol–water partition coefficient (Wildman–Crippen LogP) is 6.00. The number of anilines is 2. The minimum absolute atomic E-state index is 0.00295. The van der Waals surface area contributed by atoms with Crippen molar-refractivity contribution in [1.29, 1.82) is 0 Å². The van der Waals surface area contributed by atoms with Crippen molar-refractivity contribution < 1.29 is 49.9 Å². The van der Waals surface area contributed by atoms with E-state index in [4.69, 9.17) is 4.74 Å². The molecule has 15 heteroatoms. The van der Waals surface area contributed by atoms with Gasteiger partial charge in [-0.25, -0.2) is 14.0 Å². The summed E-state index contributed by atoms with van der Waals surface area (Å²) in [5, 5.41) is 0. The number of urea groups is 1. The molecule has 42 heavy (non-hydrogen) atoms. The summed E-state index contributed by atoms with van der Waals surface area (Å²) in [4.78, 5) is 42.6. The summed E-state index contributed by atoms with van der Waals surface area (Å²) >= 11 is 0. The Morgan fingerprint density at radius 3 is 2.19 bits per heavy atom. The number of benzene rings is 2. The maximum absolute atomic E-state index is 14.1. The van der Waals surface area contributed by atoms with E-state index >= 15 is 0 Å². The molecule has 2 aromatic carbocycles. The van der Waals surface area contributed by atoms with Crippen LogP contribution in [0.4, 0.5) is 51.7 Å². The Bertz CT molecular complexity index is 1350. The van der Waals surface area contributed by atoms with Crippen LogP contribution in [0, 0.1) is 11.7 Å². The van der Waals surface area contributed by atoms with E-state index < -0.39 is 52.9 Å². The average molecular weight is 605 g/mol. The Morgan fingerprint density at radius 1 is 0.952 bits per heavy atom. The van der Waals surface area contributed by atoms with Crippen LogP contribution in [0.25, 0.3) is 0 Å². The topological polar surface area (TPSA) is 73.4 Å². The summed E-state index contributed by atoms with van der Waals surface area (Å²) in [5.74, 6) is -1.83. The fourth-order valence-corrected chi connectivity index (χ4v) is 4.74. The fraction of sp³-hybridized carbons (Fsp3) is 0.444. The fourth-order valence-electron chi connectivity index (χ4n) is 4.74. The molecule has 0 aromatic heterocycles. The summed E-state index contributed by atoms with van der Waals surface area (Å²) < 4.78 is 102. The lowest BCUT2D eigenvalue weighted by molar-refractivity contribution is -0.143. The van der Waals surface area contributed by atoms with Gasteiger partial charge in [-0.05, 0) is 48.7 Å². The number of alkyl halides is 6. The van der Waals surface area contributed by atoms with Gasteiger partial charge in [0, 0.05) is 51.9 Å². The maximum Gasteiger partial charge on any atom is 0.420 e. The van der Waals surface area contributed by atoms with Gasteiger partial charge < -0.3 is 14.5 Å². The molecule has 2 aliphatic rings. The molecular formula is C27H27F7N4O4. The van der Waals surface area contributed by atoms with Crippen molar-refractivity contribution in [3.63, 3.8) is 0 Å². The van der Waals surface area contributed by atoms with Crippen LogP contribution in [0.15, 0.2) is 36.4 Å². The van der Waals surface area contributed by atoms with Crippen molar-refractivity contribution in [3.05, 3.63) is 53.3 Å². The molecule has 0 bridgehead atoms. The zero-order valence-corrected chi connectivity index (χ0v) is 22.6. The van der Waals surface area contributed by atoms with E-state index in [9.17, 15) is 45.1 Å². The molecule has 0 spiro atoms. The number of hydrogen-bond donors (Lipinski definition) is 0. The number of piperidine rings is 1. The Hall–Kier alpha value is -4.04. The summed E-state index contributed by atoms with van der Waals surface area (Å²) in [6.45, 7) is 2.19. The average Bonchev–Trinajstić information content (AvgIpc) is 3.26. The second-order valence-corrected chi connectivity index (χ2v) is 10.2. The van der Waals surface area contributed by atoms with Crippen molar-refractivity contribution in [2.24, 2.45) is 5.92 Å². The highest BCUT2D eigenvalue weighted by atomic mass is 19.4. The molecule has 2 fully saturated rings. The molecule has 0 aliphatic carbocycles. The highest BCUT2D eigenvalue weighted by Gasteiger charge is 2.44. The highest BCUT2D eigenvalue weighted by molar-refractivity contribution is 5.97. The third-order valence-corrected chi connectivity index (χ3v) is 7.17. The van der Waals surface area contributed by atoms with E-state index in [1.54, 1.807) is 4.90 Å². The monoisotopic (exact) mass is 604 g/mol. The Kier molecular flexibility index (Phi) is 8.60. The third kappa shape index (κ3) is 6.71. The molecule has 8 nitrogen and oxygen atoms in total. The Labute approximate surface area is 236 Å². The van der Waals surface area contributed by atoms with Crippen LogP contribution in [-0.2, 0) is 17.1 Å². The molecule has 1 atom stereocenters. The van der Waals surface area contributed by atoms with Crippen LogP contribution in [0.5, 0.6) is 5.75 Å². The first-order valence-electron chi connectivity index (χ1n) is 12.9. The standard InChI is InChI=1S/C27H27F7N4O4/c1-16-7-8-36(22(39)13-16)9-10-37-11-12-38(24(37)40)21-15-17(26(29,30)31)14-20(27(32,33)34)23(21)42-25(41)35(2)19-5-3-18(28)4-6-19/h3-6,14-16H,7-13H2,1-2H3. The molecule has 0 saturated carbocycles. The summed E-state index contributed by atoms with van der Waals surface area (Å²) in [6.07, 6.45) is -11.0. The molecule has 4 amide bonds. The van der Waals surface area contributed by atoms with Gasteiger partial charge in [0.2, 0.25) is 5.91 Å². The zero-order chi connectivity index (χ0) is 31.0. The van der Waals surface area contributed by atoms with Crippen LogP contribution < -0.4 is 14.5 Å². The number of carbonyl (C=O) groups is 3. The zero-order valence-electron chi connectivity index (χ0n) is 22.6. The van der Waals surface area contributed by atoms with Crippen molar-refractivity contribution >= 4 is 29.4 Å². The number of halogens is 7. The van der Waals surface area contributed by atoms with Crippen LogP contribution in [-0.4, -0.2) is 67.6 Å². The van der Waals surface area contributed by atoms with Gasteiger partial charge >= 0.3 is 24.5 Å². The minimum Gasteiger partial charge on any atom is -0.407 e. The van der Waals surface area contributed by atoms with Crippen LogP contribution >= 0.6 is 0 Å². The number of ether oxygens (including phenoxy) is 1. The number of nitrogens with zero attached hydrogens (tertiary/aromatic N) is 4. The molecule has 2 aromatic rings. The van der Waals surface area contributed by atoms with Crippen LogP contribution in [0.1, 0.15) is 30.9 Å². The first-order chi connectivity index (χ1) is 19.6. The number of hydrogen-bond acceptors (Lipinski definition) is 4. The van der Waals surface area contributed by atoms with Gasteiger partial charge in [0.15, 0.2) is 5.75 Å². The van der Waals surface area contributed by atoms with E-state index in [-0.39, 0.29) is 49.8 Å². The lowest BCUT2D eigenvalue weighted by Crippen LogP contribution is -2.43. The summed E-state index contributed by atoms with van der Waals surface area (Å²) in [6, 6.07) is 3.48. The van der Waals surface area contributed by atoms with E-state index in [1.165, 1.54) is 4.90 Å². The number of amides is 4. The molecule has 0 N–H and O–H groups in total. The van der Waals surface area contributed by atoms with E-state index in [0.29, 0.717) is 23.9 Å². The largest absolute Gasteiger partial charge is 0.420 e. The highest BCUT2D eigenvalue weighted by Crippen LogP contribution is 2.47. The first kappa shape index (κ1) is 30.9. The minimum atomic E-state index is -5.41. The first-order valence-corrected chi connectivity index (χ1v) is 12.9. The molecule has 2 heterocycles. The predicted molar refractivity (Wildman–Crippen MR) is 137 cm³/mol. The maximum atomic E-state index is 14.1. The van der Waals surface area contributed by atoms with E-state index in [2.05, 4.69) is 0 Å². The van der Waals surface area contributed by atoms with Crippen molar-refractivity contribution in [1.82, 2.24) is 9.80 Å². The molecular weight excluding hydrogens is 577 g/mol. The molecule has 2 aliphatic heterocycles. The van der Waals surface area contributed by atoms with Crippen LogP contribution in [0.3, 0.4) is 0 Å². The van der Waals surface area contributed by atoms with Gasteiger partial charge in [0.1, 0.15) is 11.4 Å². The van der Waals surface area contributed by atoms with Gasteiger partial charge in [-0.15, -0.1) is 0 Å². The Balaban J connectivity index is 1.67. The molecule has 4 rings (SSSR count). The number of likely N-dealkylation sites (tertiary alicyclic amines) is 1. The molecule has 0 radical (unpaired) electrons. The lowest BCUT2D eigenvalue weighted by atomic mass is 9.98. The normalized spacial score (nSPS) is 18.1.